The molecule has 612 valence electrons. The maximum atomic E-state index is 15.3. The van der Waals surface area contributed by atoms with Gasteiger partial charge in [0.25, 0.3) is 11.8 Å². The van der Waals surface area contributed by atoms with Gasteiger partial charge < -0.3 is 81.0 Å². The highest BCUT2D eigenvalue weighted by molar-refractivity contribution is 7.53. The van der Waals surface area contributed by atoms with E-state index in [1.807, 2.05) is 224 Å². The molecule has 2 saturated heterocycles. The van der Waals surface area contributed by atoms with Gasteiger partial charge in [-0.15, -0.1) is 0 Å². The van der Waals surface area contributed by atoms with Gasteiger partial charge in [-0.25, -0.2) is 9.59 Å². The van der Waals surface area contributed by atoms with Crippen molar-refractivity contribution in [3.8, 4) is 0 Å². The first kappa shape index (κ1) is 84.3. The average Bonchev–Trinajstić information content (AvgIpc) is 1.63. The summed E-state index contributed by atoms with van der Waals surface area (Å²) in [5.41, 5.74) is 22.5. The number of H-pyrrole nitrogens is 2. The lowest BCUT2D eigenvalue weighted by atomic mass is 9.91. The number of hydrogen-bond donors (Lipinski definition) is 12. The number of carbonyl (C=O) groups is 4. The van der Waals surface area contributed by atoms with Gasteiger partial charge in [0.15, 0.2) is 11.6 Å². The maximum absolute atomic E-state index is 15.3. The minimum Gasteiger partial charge on any atom is -0.388 e. The number of aliphatic hydroxyl groups excluding tert-OH is 4. The molecule has 14 rings (SSSR count). The van der Waals surface area contributed by atoms with Gasteiger partial charge in [0.2, 0.25) is 0 Å². The number of nitrogens with two attached hydrogens (primary N) is 2. The largest absolute Gasteiger partial charge is 0.388 e. The molecule has 14 N–H and O–H groups in total. The normalized spacial score (nSPS) is 18.5. The second kappa shape index (κ2) is 39.5. The third-order valence-corrected chi connectivity index (χ3v) is 24.3. The molecule has 4 heterocycles. The molecular weight excluding hydrogens is 1540 g/mol. The lowest BCUT2D eigenvalue weighted by molar-refractivity contribution is -0.0408. The predicted molar refractivity (Wildman–Crippen MR) is 452 cm³/mol. The van der Waals surface area contributed by atoms with Gasteiger partial charge in [-0.05, 0) is 143 Å². The molecule has 2 fully saturated rings. The van der Waals surface area contributed by atoms with Crippen LogP contribution in [0.4, 0.5) is 21.2 Å². The smallest absolute Gasteiger partial charge is 0.331 e. The summed E-state index contributed by atoms with van der Waals surface area (Å²) in [5.74, 6) is -0.117. The lowest BCUT2D eigenvalue weighted by Gasteiger charge is -2.36. The molecule has 0 unspecified atom stereocenters. The van der Waals surface area contributed by atoms with Gasteiger partial charge in [0.1, 0.15) is 24.4 Å². The average molecular weight is 1630 g/mol. The molecule has 12 aromatic rings. The Bertz CT molecular complexity index is 5380. The zero-order valence-corrected chi connectivity index (χ0v) is 66.8. The number of urea groups is 2. The molecule has 0 radical (unpaired) electrons. The Labute approximate surface area is 684 Å². The van der Waals surface area contributed by atoms with Crippen LogP contribution < -0.4 is 22.1 Å². The van der Waals surface area contributed by atoms with Crippen molar-refractivity contribution in [1.82, 2.24) is 50.6 Å². The first-order chi connectivity index (χ1) is 57.1. The van der Waals surface area contributed by atoms with Crippen LogP contribution in [0.2, 0.25) is 0 Å². The molecule has 10 aromatic carbocycles. The van der Waals surface area contributed by atoms with Crippen molar-refractivity contribution in [3.63, 3.8) is 0 Å². The number of amides is 6. The van der Waals surface area contributed by atoms with Gasteiger partial charge in [-0.2, -0.15) is 10.2 Å². The Morgan fingerprint density at radius 3 is 0.983 bits per heavy atom. The third kappa shape index (κ3) is 22.1. The van der Waals surface area contributed by atoms with E-state index >= 15 is 9.59 Å². The molecule has 8 atom stereocenters. The van der Waals surface area contributed by atoms with E-state index in [0.29, 0.717) is 51.1 Å². The summed E-state index contributed by atoms with van der Waals surface area (Å²) < 4.78 is 37.1. The molecule has 2 aromatic heterocycles. The number of rotatable bonds is 32. The van der Waals surface area contributed by atoms with Crippen molar-refractivity contribution in [1.29, 1.82) is 0 Å². The highest BCUT2D eigenvalue weighted by Crippen LogP contribution is 2.50. The van der Waals surface area contributed by atoms with Crippen LogP contribution in [0.5, 0.6) is 0 Å². The van der Waals surface area contributed by atoms with Crippen molar-refractivity contribution in [2.45, 2.75) is 127 Å². The molecule has 2 aliphatic rings. The molecule has 0 bridgehead atoms. The standard InChI is InChI=1S/C52H55N6O7P.C38H43N6O7P/c53-50-44-30-42(25-26-45(44)55-56-50)34-58-47(32-38-17-7-2-8-18-38)49(60)48(59)46(31-37-15-5-1-6-16-37)57(52(58)62)33-41-23-13-24-43(29-41)51(61)54-27-14-28-66(63,64-35-39-19-9-3-10-20-39)65-36-40-21-11-4-12-22-40;39-36-30-20-28(15-16-31(30)41-42-36)24-44-33(22-26-11-5-2-6-12-26)35(46)34(45)32(21-25-9-3-1-4-10-25)43(38(44)48)23-27-13-7-14-29(19-27)37(47)40-17-8-18-52(49,50)51/h1-13,15-26,29-30,46-49,59-60H,14,27-28,31-36H2,(H,54,61)(H3,53,55,56);1-7,9-16,19-20,32-35,45-46H,8,17-18,21-24H2,(H,40,47)(H3,39,41,42)(H2,49,50,51)/t46-,47-,48+,49+;32-,33-,34+,35+/m11/s1. The van der Waals surface area contributed by atoms with Crippen LogP contribution in [0, 0.1) is 0 Å². The summed E-state index contributed by atoms with van der Waals surface area (Å²) in [7, 11) is -7.74. The number of carbonyl (C=O) groups excluding carboxylic acids is 4. The van der Waals surface area contributed by atoms with Crippen molar-refractivity contribution in [2.75, 3.05) is 36.9 Å². The minimum atomic E-state index is -4.18. The zero-order valence-electron chi connectivity index (χ0n) is 65.0. The number of nitrogens with one attached hydrogen (secondary N) is 4. The fourth-order valence-electron chi connectivity index (χ4n) is 15.2. The SMILES string of the molecule is Nc1n[nH]c2ccc(CN3C(=O)N(Cc4cccc(C(=O)NCCCP(=O)(O)O)c4)[C@H](Cc4ccccc4)[C@H](O)[C@@H](O)[C@H]3Cc3ccccc3)cc12.Nc1n[nH]c2ccc(CN3C(=O)N(Cc4cccc(C(=O)NCCCP(=O)(OCc5ccccc5)OCc5ccccc5)c4)[C@H](Cc4ccccc4)[C@H](O)[C@@H](O)[C@H]3Cc3ccccc3)cc12. The van der Waals surface area contributed by atoms with Crippen LogP contribution in [0.25, 0.3) is 21.8 Å². The Balaban J connectivity index is 0.000000211. The highest BCUT2D eigenvalue weighted by atomic mass is 31.2. The molecule has 0 saturated carbocycles. The number of benzene rings is 10. The maximum Gasteiger partial charge on any atom is 0.331 e. The topological polar surface area (TPSA) is 389 Å². The van der Waals surface area contributed by atoms with Crippen LogP contribution in [0.3, 0.4) is 0 Å². The van der Waals surface area contributed by atoms with Crippen LogP contribution in [0.15, 0.2) is 267 Å². The number of hydrogen-bond acceptors (Lipinski definition) is 16. The van der Waals surface area contributed by atoms with Crippen LogP contribution in [0.1, 0.15) is 89.2 Å². The van der Waals surface area contributed by atoms with Crippen molar-refractivity contribution in [2.24, 2.45) is 0 Å². The quantitative estimate of drug-likeness (QED) is 0.0138. The number of nitrogens with zero attached hydrogens (tertiary/aromatic N) is 6. The molecule has 6 amide bonds. The Kier molecular flexibility index (Phi) is 28.2. The summed E-state index contributed by atoms with van der Waals surface area (Å²) in [4.78, 5) is 81.8. The summed E-state index contributed by atoms with van der Waals surface area (Å²) in [6, 6.07) is 78.0. The summed E-state index contributed by atoms with van der Waals surface area (Å²) >= 11 is 0. The van der Waals surface area contributed by atoms with E-state index in [0.717, 1.165) is 55.5 Å². The lowest BCUT2D eigenvalue weighted by Crippen LogP contribution is -2.50. The monoisotopic (exact) mass is 1630 g/mol. The van der Waals surface area contributed by atoms with E-state index in [9.17, 15) is 39.1 Å². The van der Waals surface area contributed by atoms with Gasteiger partial charge in [-0.3, -0.25) is 28.9 Å². The van der Waals surface area contributed by atoms with Crippen molar-refractivity contribution >= 4 is 72.5 Å². The van der Waals surface area contributed by atoms with E-state index in [2.05, 4.69) is 31.0 Å². The second-order valence-electron chi connectivity index (χ2n) is 29.9. The highest BCUT2D eigenvalue weighted by Gasteiger charge is 2.48. The number of nitrogen functional groups attached to an aromatic ring is 2. The first-order valence-corrected chi connectivity index (χ1v) is 42.8. The van der Waals surface area contributed by atoms with Gasteiger partial charge in [-0.1, -0.05) is 218 Å². The van der Waals surface area contributed by atoms with E-state index < -0.39 is 75.7 Å². The number of aromatic amines is 2. The van der Waals surface area contributed by atoms with E-state index in [1.54, 1.807) is 62.1 Å². The van der Waals surface area contributed by atoms with Crippen molar-refractivity contribution in [3.05, 3.63) is 334 Å². The first-order valence-electron chi connectivity index (χ1n) is 39.3. The summed E-state index contributed by atoms with van der Waals surface area (Å²) in [6.07, 6.45) is -4.04. The Morgan fingerprint density at radius 1 is 0.381 bits per heavy atom. The predicted octanol–water partition coefficient (Wildman–Crippen LogP) is 12.1. The van der Waals surface area contributed by atoms with Gasteiger partial charge >= 0.3 is 27.3 Å². The number of aliphatic hydroxyl groups is 4. The van der Waals surface area contributed by atoms with Crippen LogP contribution >= 0.6 is 15.2 Å². The molecule has 118 heavy (non-hydrogen) atoms. The fourth-order valence-corrected chi connectivity index (χ4v) is 17.4. The van der Waals surface area contributed by atoms with Gasteiger partial charge in [0, 0.05) is 61.2 Å². The van der Waals surface area contributed by atoms with Crippen LogP contribution in [-0.2, 0) is 83.3 Å². The second-order valence-corrected chi connectivity index (χ2v) is 33.9. The zero-order chi connectivity index (χ0) is 82.7. The minimum absolute atomic E-state index is 0.0156. The van der Waals surface area contributed by atoms with Crippen LogP contribution in [-0.4, -0.2) is 168 Å². The molecule has 26 nitrogen and oxygen atoms in total. The molecule has 2 aliphatic heterocycles. The summed E-state index contributed by atoms with van der Waals surface area (Å²) in [6.45, 7) is 0.788. The van der Waals surface area contributed by atoms with Crippen molar-refractivity contribution < 1.29 is 67.6 Å². The van der Waals surface area contributed by atoms with E-state index in [-0.39, 0.29) is 109 Å². The fraction of sp³-hybridized carbons (Fsp3) is 0.267. The Morgan fingerprint density at radius 2 is 0.669 bits per heavy atom. The molecular formula is C90H98N12O14P2. The van der Waals surface area contributed by atoms with Gasteiger partial charge in [0.05, 0.1) is 60.7 Å². The molecule has 0 aliphatic carbocycles. The number of aromatic nitrogens is 4. The molecule has 28 heteroatoms. The summed E-state index contributed by atoms with van der Waals surface area (Å²) in [5, 5.41) is 69.6. The van der Waals surface area contributed by atoms with E-state index in [4.69, 9.17) is 30.3 Å². The third-order valence-electron chi connectivity index (χ3n) is 21.5. The Hall–Kier alpha value is -11.6. The number of anilines is 2. The number of fused-ring (bicyclic) bond motifs is 2. The van der Waals surface area contributed by atoms with E-state index in [1.165, 1.54) is 0 Å². The molecule has 0 spiro atoms.